The molecule has 0 fully saturated rings. The molecule has 1 unspecified atom stereocenters. The van der Waals surface area contributed by atoms with Crippen molar-refractivity contribution < 1.29 is 18.3 Å². The van der Waals surface area contributed by atoms with Crippen molar-refractivity contribution in [3.8, 4) is 22.4 Å². The van der Waals surface area contributed by atoms with Crippen LogP contribution in [0.5, 0.6) is 0 Å². The average molecular weight is 531 g/mol. The highest BCUT2D eigenvalue weighted by Gasteiger charge is 2.37. The van der Waals surface area contributed by atoms with E-state index in [1.165, 1.54) is 18.2 Å². The fourth-order valence-corrected chi connectivity index (χ4v) is 5.35. The van der Waals surface area contributed by atoms with E-state index in [-0.39, 0.29) is 24.5 Å². The van der Waals surface area contributed by atoms with Gasteiger partial charge in [-0.15, -0.1) is 0 Å². The van der Waals surface area contributed by atoms with Crippen LogP contribution < -0.4 is 0 Å². The number of hydrogen-bond acceptors (Lipinski definition) is 5. The first kappa shape index (κ1) is 25.0. The van der Waals surface area contributed by atoms with Crippen LogP contribution in [0.1, 0.15) is 16.8 Å². The largest absolute Gasteiger partial charge is 0.382 e. The molecule has 1 N–H and O–H groups in total. The van der Waals surface area contributed by atoms with Crippen LogP contribution in [0.4, 0.5) is 13.2 Å². The molecule has 6 rings (SSSR count). The van der Waals surface area contributed by atoms with Gasteiger partial charge in [-0.2, -0.15) is 5.10 Å². The number of aromatic nitrogens is 5. The predicted molar refractivity (Wildman–Crippen MR) is 138 cm³/mol. The minimum Gasteiger partial charge on any atom is -0.382 e. The van der Waals surface area contributed by atoms with Crippen LogP contribution in [0, 0.1) is 17.5 Å². The minimum atomic E-state index is -1.67. The van der Waals surface area contributed by atoms with Crippen molar-refractivity contribution in [2.75, 3.05) is 6.54 Å². The average Bonchev–Trinajstić information content (AvgIpc) is 3.64. The zero-order chi connectivity index (χ0) is 27.1. The van der Waals surface area contributed by atoms with E-state index >= 15 is 0 Å². The molecule has 4 heterocycles. The second-order valence-corrected chi connectivity index (χ2v) is 9.89. The van der Waals surface area contributed by atoms with E-state index in [1.807, 2.05) is 24.2 Å². The molecule has 0 saturated heterocycles. The summed E-state index contributed by atoms with van der Waals surface area (Å²) in [5.74, 6) is -1.85. The lowest BCUT2D eigenvalue weighted by Gasteiger charge is -2.33. The summed E-state index contributed by atoms with van der Waals surface area (Å²) in [6.07, 6.45) is 8.46. The van der Waals surface area contributed by atoms with Gasteiger partial charge in [0.1, 0.15) is 28.7 Å². The van der Waals surface area contributed by atoms with E-state index in [0.717, 1.165) is 40.1 Å². The molecule has 0 aliphatic carbocycles. The molecular weight excluding hydrogens is 505 g/mol. The summed E-state index contributed by atoms with van der Waals surface area (Å²) in [4.78, 5) is 10.6. The number of imidazole rings is 1. The lowest BCUT2D eigenvalue weighted by Crippen LogP contribution is -2.42. The summed E-state index contributed by atoms with van der Waals surface area (Å²) in [7, 11) is 1.83. The highest BCUT2D eigenvalue weighted by atomic mass is 19.1. The van der Waals surface area contributed by atoms with E-state index in [9.17, 15) is 18.3 Å². The zero-order valence-electron chi connectivity index (χ0n) is 21.1. The predicted octanol–water partition coefficient (Wildman–Crippen LogP) is 4.67. The molecule has 39 heavy (non-hydrogen) atoms. The third kappa shape index (κ3) is 4.84. The summed E-state index contributed by atoms with van der Waals surface area (Å²) in [5.41, 5.74) is 3.46. The normalized spacial score (nSPS) is 14.9. The Morgan fingerprint density at radius 1 is 0.923 bits per heavy atom. The monoisotopic (exact) mass is 530 g/mol. The summed E-state index contributed by atoms with van der Waals surface area (Å²) in [6, 6.07) is 11.3. The maximum atomic E-state index is 14.9. The number of hydrogen-bond donors (Lipinski definition) is 1. The van der Waals surface area contributed by atoms with Crippen LogP contribution in [0.2, 0.25) is 0 Å². The Morgan fingerprint density at radius 2 is 1.72 bits per heavy atom. The number of aliphatic hydroxyl groups is 1. The number of halogens is 3. The highest BCUT2D eigenvalue weighted by molar-refractivity contribution is 5.82. The van der Waals surface area contributed by atoms with E-state index in [2.05, 4.69) is 15.1 Å². The van der Waals surface area contributed by atoms with Gasteiger partial charge in [-0.25, -0.2) is 18.2 Å². The number of pyridine rings is 1. The number of β-amino-alcohol motifs (C(OH)–C–C–N with tert-alkyl or cyclic N) is 1. The number of nitrogens with zero attached hydrogens (tertiary/aromatic N) is 6. The van der Waals surface area contributed by atoms with Crippen LogP contribution >= 0.6 is 0 Å². The van der Waals surface area contributed by atoms with Crippen LogP contribution in [0.25, 0.3) is 22.4 Å². The van der Waals surface area contributed by atoms with Crippen molar-refractivity contribution in [3.63, 3.8) is 0 Å². The molecule has 198 valence electrons. The Kier molecular flexibility index (Phi) is 6.28. The second-order valence-electron chi connectivity index (χ2n) is 9.89. The number of rotatable bonds is 7. The van der Waals surface area contributed by atoms with Gasteiger partial charge in [-0.3, -0.25) is 14.6 Å². The maximum Gasteiger partial charge on any atom is 0.132 e. The highest BCUT2D eigenvalue weighted by Crippen LogP contribution is 2.38. The molecule has 1 aliphatic rings. The molecule has 1 aliphatic heterocycles. The third-order valence-corrected chi connectivity index (χ3v) is 7.06. The molecule has 0 amide bonds. The smallest absolute Gasteiger partial charge is 0.132 e. The van der Waals surface area contributed by atoms with Crippen molar-refractivity contribution >= 4 is 0 Å². The van der Waals surface area contributed by atoms with E-state index < -0.39 is 17.2 Å². The summed E-state index contributed by atoms with van der Waals surface area (Å²) >= 11 is 0. The number of fused-ring (bicyclic) bond motifs is 1. The molecular formula is C29H25F3N6O. The fourth-order valence-electron chi connectivity index (χ4n) is 5.35. The van der Waals surface area contributed by atoms with Gasteiger partial charge in [0.25, 0.3) is 0 Å². The summed E-state index contributed by atoms with van der Waals surface area (Å²) in [5, 5.41) is 16.5. The molecule has 7 nitrogen and oxygen atoms in total. The topological polar surface area (TPSA) is 72.0 Å². The lowest BCUT2D eigenvalue weighted by molar-refractivity contribution is -0.0203. The Hall–Kier alpha value is -4.28. The molecule has 0 saturated carbocycles. The first-order valence-electron chi connectivity index (χ1n) is 12.4. The molecule has 3 aromatic heterocycles. The minimum absolute atomic E-state index is 0.00703. The van der Waals surface area contributed by atoms with Crippen LogP contribution in [0.15, 0.2) is 79.6 Å². The maximum absolute atomic E-state index is 14.9. The Bertz CT molecular complexity index is 1630. The van der Waals surface area contributed by atoms with Crippen molar-refractivity contribution in [2.24, 2.45) is 7.05 Å². The molecule has 0 radical (unpaired) electrons. The van der Waals surface area contributed by atoms with Crippen LogP contribution in [-0.4, -0.2) is 40.9 Å². The molecule has 2 aromatic carbocycles. The van der Waals surface area contributed by atoms with Gasteiger partial charge in [0, 0.05) is 74.2 Å². The first-order chi connectivity index (χ1) is 18.8. The van der Waals surface area contributed by atoms with E-state index in [0.29, 0.717) is 18.8 Å². The molecule has 0 bridgehead atoms. The summed E-state index contributed by atoms with van der Waals surface area (Å²) < 4.78 is 45.6. The number of benzene rings is 2. The Balaban J connectivity index is 1.34. The summed E-state index contributed by atoms with van der Waals surface area (Å²) in [6.45, 7) is 0.983. The molecule has 1 atom stereocenters. The van der Waals surface area contributed by atoms with E-state index in [4.69, 9.17) is 0 Å². The fraction of sp³-hybridized carbons (Fsp3) is 0.207. The Morgan fingerprint density at radius 3 is 2.46 bits per heavy atom. The zero-order valence-corrected chi connectivity index (χ0v) is 21.1. The van der Waals surface area contributed by atoms with Gasteiger partial charge < -0.3 is 9.67 Å². The van der Waals surface area contributed by atoms with Crippen molar-refractivity contribution in [1.82, 2.24) is 29.2 Å². The quantitative estimate of drug-likeness (QED) is 0.331. The molecule has 10 heteroatoms. The Labute approximate surface area is 222 Å². The van der Waals surface area contributed by atoms with E-state index in [1.54, 1.807) is 46.3 Å². The molecule has 5 aromatic rings. The van der Waals surface area contributed by atoms with Crippen LogP contribution in [0.3, 0.4) is 0 Å². The third-order valence-electron chi connectivity index (χ3n) is 7.06. The van der Waals surface area contributed by atoms with Gasteiger partial charge >= 0.3 is 0 Å². The van der Waals surface area contributed by atoms with Gasteiger partial charge in [-0.1, -0.05) is 6.07 Å². The first-order valence-corrected chi connectivity index (χ1v) is 12.4. The van der Waals surface area contributed by atoms with Gasteiger partial charge in [0.2, 0.25) is 0 Å². The lowest BCUT2D eigenvalue weighted by atomic mass is 9.92. The SMILES string of the molecule is Cn1cc(-c2ccnc3c2CN(CC(O)(Cn2ccnc2)c2ccc(F)cc2F)C3)c(-c2ccc(F)cc2)n1. The number of aryl methyl sites for hydroxylation is 1. The van der Waals surface area contributed by atoms with Crippen molar-refractivity contribution in [3.05, 3.63) is 114 Å². The molecule has 0 spiro atoms. The van der Waals surface area contributed by atoms with Crippen LogP contribution in [-0.2, 0) is 32.3 Å². The standard InChI is InChI=1S/C29H25F3N6O/c1-36-13-24(28(35-36)19-2-4-20(30)5-3-19)22-8-9-34-27-15-38(14-23(22)27)17-29(39,16-37-11-10-33-18-37)25-7-6-21(31)12-26(25)32/h2-13,18,39H,14-17H2,1H3. The van der Waals surface area contributed by atoms with Gasteiger partial charge in [-0.05, 0) is 47.5 Å². The second kappa shape index (κ2) is 9.79. The van der Waals surface area contributed by atoms with Crippen molar-refractivity contribution in [2.45, 2.75) is 25.2 Å². The van der Waals surface area contributed by atoms with Crippen molar-refractivity contribution in [1.29, 1.82) is 0 Å². The van der Waals surface area contributed by atoms with Gasteiger partial charge in [0.05, 0.1) is 18.6 Å². The van der Waals surface area contributed by atoms with Gasteiger partial charge in [0.15, 0.2) is 0 Å².